The normalized spacial score (nSPS) is 11.5. The highest BCUT2D eigenvalue weighted by molar-refractivity contribution is 5.97. The molecule has 1 heterocycles. The van der Waals surface area contributed by atoms with Crippen LogP contribution in [0.15, 0.2) is 60.8 Å². The van der Waals surface area contributed by atoms with E-state index in [1.165, 1.54) is 13.2 Å². The zero-order chi connectivity index (χ0) is 20.8. The largest absolute Gasteiger partial charge is 0.382 e. The summed E-state index contributed by atoms with van der Waals surface area (Å²) in [6.45, 7) is 2.03. The number of nitrogens with zero attached hydrogens (tertiary/aromatic N) is 2. The Bertz CT molecular complexity index is 1020. The molecule has 0 bridgehead atoms. The quantitative estimate of drug-likeness (QED) is 0.600. The third kappa shape index (κ3) is 4.57. The molecule has 3 rings (SSSR count). The Morgan fingerprint density at radius 1 is 1.07 bits per heavy atom. The first-order chi connectivity index (χ1) is 14.0. The molecule has 0 aliphatic carbocycles. The van der Waals surface area contributed by atoms with Gasteiger partial charge < -0.3 is 16.4 Å². The zero-order valence-corrected chi connectivity index (χ0v) is 16.3. The van der Waals surface area contributed by atoms with Gasteiger partial charge in [-0.3, -0.25) is 9.59 Å². The smallest absolute Gasteiger partial charge is 0.273 e. The number of nitrogens with two attached hydrogens (primary N) is 1. The van der Waals surface area contributed by atoms with Gasteiger partial charge in [0.1, 0.15) is 0 Å². The van der Waals surface area contributed by atoms with Gasteiger partial charge in [-0.1, -0.05) is 49.4 Å². The van der Waals surface area contributed by atoms with Gasteiger partial charge in [-0.15, -0.1) is 0 Å². The number of nitrogens with one attached hydrogen (secondary N) is 2. The number of rotatable bonds is 6. The van der Waals surface area contributed by atoms with Crippen molar-refractivity contribution in [2.24, 2.45) is 0 Å². The van der Waals surface area contributed by atoms with Gasteiger partial charge in [0.25, 0.3) is 11.8 Å². The molecular weight excluding hydrogens is 366 g/mol. The molecule has 7 heteroatoms. The van der Waals surface area contributed by atoms with Gasteiger partial charge in [-0.05, 0) is 24.1 Å². The molecule has 2 aromatic carbocycles. The Balaban J connectivity index is 1.86. The summed E-state index contributed by atoms with van der Waals surface area (Å²) in [5.74, 6) is -0.549. The average molecular weight is 389 g/mol. The van der Waals surface area contributed by atoms with Crippen LogP contribution in [0.1, 0.15) is 45.8 Å². The van der Waals surface area contributed by atoms with Gasteiger partial charge in [0.15, 0.2) is 11.5 Å². The van der Waals surface area contributed by atoms with E-state index in [-0.39, 0.29) is 23.5 Å². The third-order valence-corrected chi connectivity index (χ3v) is 4.58. The highest BCUT2D eigenvalue weighted by atomic mass is 16.2. The van der Waals surface area contributed by atoms with Gasteiger partial charge in [0, 0.05) is 18.2 Å². The molecular formula is C22H23N5O2. The van der Waals surface area contributed by atoms with Crippen LogP contribution in [0.3, 0.4) is 0 Å². The highest BCUT2D eigenvalue weighted by Crippen LogP contribution is 2.21. The van der Waals surface area contributed by atoms with Crippen LogP contribution in [0.25, 0.3) is 11.3 Å². The van der Waals surface area contributed by atoms with Crippen LogP contribution in [0.5, 0.6) is 0 Å². The van der Waals surface area contributed by atoms with E-state index in [1.54, 1.807) is 24.3 Å². The van der Waals surface area contributed by atoms with Gasteiger partial charge >= 0.3 is 0 Å². The first kappa shape index (κ1) is 20.0. The van der Waals surface area contributed by atoms with E-state index in [9.17, 15) is 9.59 Å². The topological polar surface area (TPSA) is 110 Å². The van der Waals surface area contributed by atoms with Crippen molar-refractivity contribution in [1.82, 2.24) is 20.6 Å². The van der Waals surface area contributed by atoms with Crippen LogP contribution in [0.2, 0.25) is 0 Å². The van der Waals surface area contributed by atoms with Crippen LogP contribution in [0.4, 0.5) is 5.82 Å². The fraction of sp³-hybridized carbons (Fsp3) is 0.182. The van der Waals surface area contributed by atoms with E-state index in [2.05, 4.69) is 20.6 Å². The fourth-order valence-electron chi connectivity index (χ4n) is 2.99. The summed E-state index contributed by atoms with van der Waals surface area (Å²) in [4.78, 5) is 33.1. The van der Waals surface area contributed by atoms with Crippen molar-refractivity contribution in [3.8, 4) is 11.3 Å². The summed E-state index contributed by atoms with van der Waals surface area (Å²) >= 11 is 0. The Hall–Kier alpha value is -3.74. The lowest BCUT2D eigenvalue weighted by Crippen LogP contribution is -2.28. The van der Waals surface area contributed by atoms with E-state index in [0.717, 1.165) is 12.0 Å². The van der Waals surface area contributed by atoms with Crippen molar-refractivity contribution in [3.63, 3.8) is 0 Å². The Morgan fingerprint density at radius 2 is 1.83 bits per heavy atom. The van der Waals surface area contributed by atoms with Gasteiger partial charge in [0.2, 0.25) is 0 Å². The summed E-state index contributed by atoms with van der Waals surface area (Å²) in [7, 11) is 1.50. The van der Waals surface area contributed by atoms with Gasteiger partial charge in [0.05, 0.1) is 17.9 Å². The standard InChI is InChI=1S/C22H23N5O2/c1-3-17(14-8-5-4-6-9-14)27-21(28)16-11-7-10-15(12-16)18-13-25-20(23)19(26-18)22(29)24-2/h4-13,17H,3H2,1-2H3,(H2,23,25)(H,24,29)(H,27,28)/t17-/m0/s1. The van der Waals surface area contributed by atoms with Crippen LogP contribution in [-0.2, 0) is 0 Å². The van der Waals surface area contributed by atoms with Crippen LogP contribution in [0, 0.1) is 0 Å². The van der Waals surface area contributed by atoms with Crippen molar-refractivity contribution in [1.29, 1.82) is 0 Å². The number of amides is 2. The maximum atomic E-state index is 12.8. The molecule has 7 nitrogen and oxygen atoms in total. The molecule has 0 spiro atoms. The van der Waals surface area contributed by atoms with Crippen LogP contribution < -0.4 is 16.4 Å². The summed E-state index contributed by atoms with van der Waals surface area (Å²) < 4.78 is 0. The molecule has 0 radical (unpaired) electrons. The van der Waals surface area contributed by atoms with Crippen molar-refractivity contribution < 1.29 is 9.59 Å². The second-order valence-electron chi connectivity index (χ2n) is 6.49. The zero-order valence-electron chi connectivity index (χ0n) is 16.3. The van der Waals surface area contributed by atoms with E-state index in [1.807, 2.05) is 37.3 Å². The predicted octanol–water partition coefficient (Wildman–Crippen LogP) is 2.97. The van der Waals surface area contributed by atoms with E-state index in [0.29, 0.717) is 16.8 Å². The summed E-state index contributed by atoms with van der Waals surface area (Å²) in [5, 5.41) is 5.56. The molecule has 0 saturated carbocycles. The monoisotopic (exact) mass is 389 g/mol. The maximum absolute atomic E-state index is 12.8. The Morgan fingerprint density at radius 3 is 2.52 bits per heavy atom. The molecule has 4 N–H and O–H groups in total. The van der Waals surface area contributed by atoms with Crippen molar-refractivity contribution >= 4 is 17.6 Å². The van der Waals surface area contributed by atoms with Crippen molar-refractivity contribution in [2.75, 3.05) is 12.8 Å². The number of carbonyl (C=O) groups excluding carboxylic acids is 2. The fourth-order valence-corrected chi connectivity index (χ4v) is 2.99. The van der Waals surface area contributed by atoms with Gasteiger partial charge in [-0.2, -0.15) is 0 Å². The lowest BCUT2D eigenvalue weighted by atomic mass is 10.0. The summed E-state index contributed by atoms with van der Waals surface area (Å²) in [6, 6.07) is 16.8. The maximum Gasteiger partial charge on any atom is 0.273 e. The number of hydrogen-bond donors (Lipinski definition) is 3. The number of nitrogen functional groups attached to an aromatic ring is 1. The second-order valence-corrected chi connectivity index (χ2v) is 6.49. The number of aromatic nitrogens is 2. The highest BCUT2D eigenvalue weighted by Gasteiger charge is 2.16. The first-order valence-electron chi connectivity index (χ1n) is 9.34. The lowest BCUT2D eigenvalue weighted by Gasteiger charge is -2.17. The number of hydrogen-bond acceptors (Lipinski definition) is 5. The average Bonchev–Trinajstić information content (AvgIpc) is 2.77. The van der Waals surface area contributed by atoms with E-state index in [4.69, 9.17) is 5.73 Å². The second kappa shape index (κ2) is 8.97. The molecule has 1 aromatic heterocycles. The Kier molecular flexibility index (Phi) is 6.19. The molecule has 1 atom stereocenters. The van der Waals surface area contributed by atoms with Crippen LogP contribution in [-0.4, -0.2) is 28.8 Å². The van der Waals surface area contributed by atoms with Gasteiger partial charge in [-0.25, -0.2) is 9.97 Å². The minimum Gasteiger partial charge on any atom is -0.382 e. The first-order valence-corrected chi connectivity index (χ1v) is 9.34. The minimum atomic E-state index is -0.417. The number of anilines is 1. The Labute approximate surface area is 169 Å². The van der Waals surface area contributed by atoms with E-state index >= 15 is 0 Å². The lowest BCUT2D eigenvalue weighted by molar-refractivity contribution is 0.0933. The number of carbonyl (C=O) groups is 2. The SMILES string of the molecule is CC[C@H](NC(=O)c1cccc(-c2cnc(N)c(C(=O)NC)n2)c1)c1ccccc1. The molecule has 0 aliphatic heterocycles. The minimum absolute atomic E-state index is 0.0509. The van der Waals surface area contributed by atoms with Crippen molar-refractivity contribution in [2.45, 2.75) is 19.4 Å². The van der Waals surface area contributed by atoms with Crippen LogP contribution >= 0.6 is 0 Å². The molecule has 0 aliphatic rings. The molecule has 148 valence electrons. The summed E-state index contributed by atoms with van der Waals surface area (Å²) in [5.41, 5.74) is 8.48. The molecule has 2 amide bonds. The van der Waals surface area contributed by atoms with E-state index < -0.39 is 5.91 Å². The third-order valence-electron chi connectivity index (χ3n) is 4.58. The molecule has 0 fully saturated rings. The molecule has 0 unspecified atom stereocenters. The predicted molar refractivity (Wildman–Crippen MR) is 112 cm³/mol. The molecule has 29 heavy (non-hydrogen) atoms. The summed E-state index contributed by atoms with van der Waals surface area (Å²) in [6.07, 6.45) is 2.26. The van der Waals surface area contributed by atoms with Crippen molar-refractivity contribution in [3.05, 3.63) is 77.6 Å². The number of benzene rings is 2. The molecule has 3 aromatic rings. The molecule has 0 saturated heterocycles.